The molecule has 0 radical (unpaired) electrons. The number of rotatable bonds is 2. The van der Waals surface area contributed by atoms with Gasteiger partial charge >= 0.3 is 0 Å². The summed E-state index contributed by atoms with van der Waals surface area (Å²) in [6.07, 6.45) is 5.97. The zero-order valence-corrected chi connectivity index (χ0v) is 11.6. The van der Waals surface area contributed by atoms with E-state index in [4.69, 9.17) is 16.3 Å². The van der Waals surface area contributed by atoms with Crippen molar-refractivity contribution in [2.45, 2.75) is 50.7 Å². The van der Waals surface area contributed by atoms with Crippen LogP contribution in [0.15, 0.2) is 18.2 Å². The molecule has 1 N–H and O–H groups in total. The summed E-state index contributed by atoms with van der Waals surface area (Å²) < 4.78 is 5.95. The average molecular weight is 266 g/mol. The first kappa shape index (κ1) is 12.3. The highest BCUT2D eigenvalue weighted by Crippen LogP contribution is 2.43. The lowest BCUT2D eigenvalue weighted by atomic mass is 9.74. The van der Waals surface area contributed by atoms with Crippen LogP contribution in [-0.4, -0.2) is 18.2 Å². The maximum Gasteiger partial charge on any atom is 0.0702 e. The van der Waals surface area contributed by atoms with Gasteiger partial charge in [0.15, 0.2) is 0 Å². The van der Waals surface area contributed by atoms with Gasteiger partial charge in [-0.25, -0.2) is 0 Å². The largest absolute Gasteiger partial charge is 0.381 e. The van der Waals surface area contributed by atoms with Gasteiger partial charge in [0.05, 0.1) is 16.3 Å². The third-order valence-electron chi connectivity index (χ3n) is 4.24. The van der Waals surface area contributed by atoms with Gasteiger partial charge in [-0.1, -0.05) is 17.7 Å². The molecule has 18 heavy (non-hydrogen) atoms. The molecule has 1 atom stereocenters. The first-order chi connectivity index (χ1) is 8.67. The van der Waals surface area contributed by atoms with Gasteiger partial charge in [0.2, 0.25) is 0 Å². The van der Waals surface area contributed by atoms with Crippen LogP contribution >= 0.6 is 11.6 Å². The van der Waals surface area contributed by atoms with E-state index in [0.29, 0.717) is 6.04 Å². The van der Waals surface area contributed by atoms with E-state index in [1.807, 2.05) is 6.07 Å². The zero-order chi connectivity index (χ0) is 12.6. The van der Waals surface area contributed by atoms with E-state index in [1.165, 1.54) is 24.8 Å². The Hall–Kier alpha value is -0.730. The standard InChI is InChI=1S/C15H20ClNO/c1-11-3-4-14(13(16)9-11)17-12-5-8-18-15(10-12)6-2-7-15/h3-4,9,12,17H,2,5-8,10H2,1H3. The second-order valence-electron chi connectivity index (χ2n) is 5.70. The molecular weight excluding hydrogens is 246 g/mol. The number of hydrogen-bond donors (Lipinski definition) is 1. The fraction of sp³-hybridized carbons (Fsp3) is 0.600. The van der Waals surface area contributed by atoms with E-state index < -0.39 is 0 Å². The molecule has 2 fully saturated rings. The molecular formula is C15H20ClNO. The van der Waals surface area contributed by atoms with Crippen molar-refractivity contribution in [3.05, 3.63) is 28.8 Å². The molecule has 98 valence electrons. The molecule has 3 heteroatoms. The lowest BCUT2D eigenvalue weighted by Crippen LogP contribution is -2.49. The van der Waals surface area contributed by atoms with Gasteiger partial charge in [-0.05, 0) is 56.7 Å². The Morgan fingerprint density at radius 3 is 2.89 bits per heavy atom. The predicted molar refractivity (Wildman–Crippen MR) is 75.4 cm³/mol. The molecule has 1 unspecified atom stereocenters. The van der Waals surface area contributed by atoms with E-state index in [1.54, 1.807) is 0 Å². The van der Waals surface area contributed by atoms with Crippen LogP contribution in [0.3, 0.4) is 0 Å². The second kappa shape index (κ2) is 4.75. The van der Waals surface area contributed by atoms with E-state index in [9.17, 15) is 0 Å². The summed E-state index contributed by atoms with van der Waals surface area (Å²) in [5.41, 5.74) is 2.45. The van der Waals surface area contributed by atoms with Crippen LogP contribution in [-0.2, 0) is 4.74 Å². The van der Waals surface area contributed by atoms with Gasteiger partial charge in [0.25, 0.3) is 0 Å². The second-order valence-corrected chi connectivity index (χ2v) is 6.11. The molecule has 2 nitrogen and oxygen atoms in total. The molecule has 1 aliphatic heterocycles. The van der Waals surface area contributed by atoms with Crippen molar-refractivity contribution in [2.24, 2.45) is 0 Å². The van der Waals surface area contributed by atoms with Crippen LogP contribution in [0.25, 0.3) is 0 Å². The lowest BCUT2D eigenvalue weighted by Gasteiger charge is -2.47. The Labute approximate surface area is 114 Å². The van der Waals surface area contributed by atoms with Crippen LogP contribution < -0.4 is 5.32 Å². The molecule has 1 aromatic carbocycles. The average Bonchev–Trinajstić information content (AvgIpc) is 2.31. The van der Waals surface area contributed by atoms with Crippen molar-refractivity contribution in [3.63, 3.8) is 0 Å². The minimum Gasteiger partial charge on any atom is -0.381 e. The summed E-state index contributed by atoms with van der Waals surface area (Å²) in [6, 6.07) is 6.70. The molecule has 2 aliphatic rings. The van der Waals surface area contributed by atoms with E-state index in [-0.39, 0.29) is 5.60 Å². The van der Waals surface area contributed by atoms with Crippen molar-refractivity contribution in [2.75, 3.05) is 11.9 Å². The van der Waals surface area contributed by atoms with Crippen molar-refractivity contribution in [3.8, 4) is 0 Å². The number of halogens is 1. The Morgan fingerprint density at radius 2 is 2.22 bits per heavy atom. The lowest BCUT2D eigenvalue weighted by molar-refractivity contribution is -0.130. The summed E-state index contributed by atoms with van der Waals surface area (Å²) in [4.78, 5) is 0. The van der Waals surface area contributed by atoms with Gasteiger partial charge in [0, 0.05) is 12.6 Å². The third kappa shape index (κ3) is 2.36. The fourth-order valence-corrected chi connectivity index (χ4v) is 3.32. The monoisotopic (exact) mass is 265 g/mol. The first-order valence-corrected chi connectivity index (χ1v) is 7.21. The van der Waals surface area contributed by atoms with Gasteiger partial charge < -0.3 is 10.1 Å². The highest BCUT2D eigenvalue weighted by atomic mass is 35.5. The number of benzene rings is 1. The number of nitrogens with one attached hydrogen (secondary N) is 1. The van der Waals surface area contributed by atoms with Crippen LogP contribution in [0.5, 0.6) is 0 Å². The van der Waals surface area contributed by atoms with Gasteiger partial charge in [-0.3, -0.25) is 0 Å². The van der Waals surface area contributed by atoms with E-state index >= 15 is 0 Å². The van der Waals surface area contributed by atoms with Crippen molar-refractivity contribution >= 4 is 17.3 Å². The molecule has 1 saturated heterocycles. The minimum absolute atomic E-state index is 0.188. The molecule has 0 bridgehead atoms. The summed E-state index contributed by atoms with van der Waals surface area (Å²) in [5.74, 6) is 0. The van der Waals surface area contributed by atoms with E-state index in [0.717, 1.165) is 30.2 Å². The summed E-state index contributed by atoms with van der Waals surface area (Å²) >= 11 is 6.27. The molecule has 1 aromatic rings. The molecule has 0 aromatic heterocycles. The highest BCUT2D eigenvalue weighted by Gasteiger charge is 2.42. The zero-order valence-electron chi connectivity index (χ0n) is 10.8. The fourth-order valence-electron chi connectivity index (χ4n) is 3.03. The topological polar surface area (TPSA) is 21.3 Å². The number of aryl methyl sites for hydroxylation is 1. The normalized spacial score (nSPS) is 25.8. The maximum absolute atomic E-state index is 6.27. The molecule has 1 spiro atoms. The molecule has 0 amide bonds. The number of ether oxygens (including phenoxy) is 1. The van der Waals surface area contributed by atoms with Gasteiger partial charge in [-0.2, -0.15) is 0 Å². The molecule has 1 heterocycles. The van der Waals surface area contributed by atoms with Gasteiger partial charge in [0.1, 0.15) is 0 Å². The van der Waals surface area contributed by atoms with Crippen molar-refractivity contribution in [1.29, 1.82) is 0 Å². The number of hydrogen-bond acceptors (Lipinski definition) is 2. The first-order valence-electron chi connectivity index (χ1n) is 6.84. The van der Waals surface area contributed by atoms with Crippen molar-refractivity contribution in [1.82, 2.24) is 0 Å². The minimum atomic E-state index is 0.188. The van der Waals surface area contributed by atoms with E-state index in [2.05, 4.69) is 24.4 Å². The Bertz CT molecular complexity index is 442. The summed E-state index contributed by atoms with van der Waals surface area (Å²) in [6.45, 7) is 2.94. The van der Waals surface area contributed by atoms with Crippen LogP contribution in [0.2, 0.25) is 5.02 Å². The molecule has 1 saturated carbocycles. The predicted octanol–water partition coefficient (Wildman–Crippen LogP) is 4.16. The van der Waals surface area contributed by atoms with Crippen LogP contribution in [0, 0.1) is 6.92 Å². The third-order valence-corrected chi connectivity index (χ3v) is 4.55. The molecule has 1 aliphatic carbocycles. The maximum atomic E-state index is 6.27. The Kier molecular flexibility index (Phi) is 3.25. The van der Waals surface area contributed by atoms with Crippen molar-refractivity contribution < 1.29 is 4.74 Å². The Balaban J connectivity index is 1.68. The van der Waals surface area contributed by atoms with Gasteiger partial charge in [-0.15, -0.1) is 0 Å². The quantitative estimate of drug-likeness (QED) is 0.867. The number of anilines is 1. The SMILES string of the molecule is Cc1ccc(NC2CCOC3(CCC3)C2)c(Cl)c1. The van der Waals surface area contributed by atoms with Crippen LogP contribution in [0.1, 0.15) is 37.7 Å². The molecule has 3 rings (SSSR count). The summed E-state index contributed by atoms with van der Waals surface area (Å²) in [7, 11) is 0. The summed E-state index contributed by atoms with van der Waals surface area (Å²) in [5, 5.41) is 4.41. The smallest absolute Gasteiger partial charge is 0.0702 e. The highest BCUT2D eigenvalue weighted by molar-refractivity contribution is 6.33. The Morgan fingerprint density at radius 1 is 1.39 bits per heavy atom. The van der Waals surface area contributed by atoms with Crippen LogP contribution in [0.4, 0.5) is 5.69 Å².